The van der Waals surface area contributed by atoms with Crippen molar-refractivity contribution in [2.75, 3.05) is 46.2 Å². The highest BCUT2D eigenvalue weighted by atomic mass is 31.2. The molecule has 8 atom stereocenters. The van der Waals surface area contributed by atoms with Crippen LogP contribution in [0.3, 0.4) is 0 Å². The largest absolute Gasteiger partial charge is 0.477 e. The van der Waals surface area contributed by atoms with Crippen molar-refractivity contribution in [2.24, 2.45) is 5.73 Å². The number of phosphoric acid groups is 1. The number of carboxylic acid groups (broad SMARTS) is 1. The maximum Gasteiger partial charge on any atom is 0.472 e. The number of carboxylic acids is 1. The van der Waals surface area contributed by atoms with Crippen LogP contribution in [0.15, 0.2) is 0 Å². The average molecular weight is 914 g/mol. The third-order valence-electron chi connectivity index (χ3n) is 11.8. The molecule has 0 bridgehead atoms. The van der Waals surface area contributed by atoms with Crippen LogP contribution in [0.2, 0.25) is 0 Å². The molecule has 1 aliphatic heterocycles. The molecule has 1 heterocycles. The van der Waals surface area contributed by atoms with Gasteiger partial charge in [0.15, 0.2) is 0 Å². The third-order valence-corrected chi connectivity index (χ3v) is 12.7. The number of unbranched alkanes of at least 4 members (excludes halogenated alkanes) is 26. The van der Waals surface area contributed by atoms with Gasteiger partial charge in [-0.1, -0.05) is 181 Å². The van der Waals surface area contributed by atoms with E-state index in [0.29, 0.717) is 13.2 Å². The summed E-state index contributed by atoms with van der Waals surface area (Å²) in [7, 11) is -4.65. The normalized spacial score (nSPS) is 21.8. The van der Waals surface area contributed by atoms with Crippen molar-refractivity contribution >= 4 is 13.8 Å². The molecule has 15 nitrogen and oxygen atoms in total. The number of ether oxygens (including phenoxy) is 4. The Kier molecular flexibility index (Phi) is 36.6. The molecular weight excluding hydrogens is 821 g/mol. The topological polar surface area (TPSA) is 237 Å². The molecule has 0 radical (unpaired) electrons. The van der Waals surface area contributed by atoms with Crippen molar-refractivity contribution < 1.29 is 67.8 Å². The molecule has 8 N–H and O–H groups in total. The number of hydrogen-bond donors (Lipinski definition) is 7. The third kappa shape index (κ3) is 29.0. The number of aliphatic hydroxyl groups is 4. The Morgan fingerprint density at radius 1 is 0.677 bits per heavy atom. The van der Waals surface area contributed by atoms with Gasteiger partial charge in [0.1, 0.15) is 24.4 Å². The number of nitrogens with two attached hydrogens (primary N) is 1. The SMILES string of the molecule is CCCCCCCCCCCCCCCCOCC(COP(=O)(O)OCCO[C@]1(C(=O)O)C[C@H](O)[C@@H](N)[C@H]([C@H](O)[C@H](O)CO)O1)OCCCCCCCCCCCCCCCC. The lowest BCUT2D eigenvalue weighted by molar-refractivity contribution is -0.310. The second-order valence-corrected chi connectivity index (χ2v) is 18.9. The van der Waals surface area contributed by atoms with Crippen LogP contribution in [0.1, 0.15) is 200 Å². The van der Waals surface area contributed by atoms with Crippen molar-refractivity contribution in [3.8, 4) is 0 Å². The number of carbonyl (C=O) groups is 1. The van der Waals surface area contributed by atoms with E-state index in [1.54, 1.807) is 0 Å². The number of aliphatic carboxylic acids is 1. The summed E-state index contributed by atoms with van der Waals surface area (Å²) in [4.78, 5) is 22.7. The smallest absolute Gasteiger partial charge is 0.472 e. The number of phosphoric ester groups is 1. The Morgan fingerprint density at radius 2 is 1.11 bits per heavy atom. The second-order valence-electron chi connectivity index (χ2n) is 17.4. The minimum Gasteiger partial charge on any atom is -0.477 e. The minimum atomic E-state index is -4.65. The zero-order valence-corrected chi connectivity index (χ0v) is 39.8. The van der Waals surface area contributed by atoms with Gasteiger partial charge in [0.25, 0.3) is 5.79 Å². The van der Waals surface area contributed by atoms with Crippen molar-refractivity contribution in [3.63, 3.8) is 0 Å². The summed E-state index contributed by atoms with van der Waals surface area (Å²) in [6.07, 6.45) is 27.2. The summed E-state index contributed by atoms with van der Waals surface area (Å²) in [5.41, 5.74) is 5.89. The van der Waals surface area contributed by atoms with Gasteiger partial charge in [-0.05, 0) is 12.8 Å². The lowest BCUT2D eigenvalue weighted by atomic mass is 9.89. The van der Waals surface area contributed by atoms with E-state index in [0.717, 1.165) is 32.1 Å². The monoisotopic (exact) mass is 914 g/mol. The highest BCUT2D eigenvalue weighted by molar-refractivity contribution is 7.47. The molecule has 0 amide bonds. The number of aliphatic hydroxyl groups excluding tert-OH is 4. The Bertz CT molecular complexity index is 1090. The molecule has 0 aliphatic carbocycles. The van der Waals surface area contributed by atoms with Gasteiger partial charge < -0.3 is 55.1 Å². The maximum absolute atomic E-state index is 12.8. The Labute approximate surface area is 375 Å². The van der Waals surface area contributed by atoms with Gasteiger partial charge in [-0.15, -0.1) is 0 Å². The Balaban J connectivity index is 2.49. The first kappa shape index (κ1) is 59.2. The first-order valence-corrected chi connectivity index (χ1v) is 26.2. The molecule has 0 spiro atoms. The molecule has 1 saturated heterocycles. The van der Waals surface area contributed by atoms with E-state index in [-0.39, 0.29) is 13.2 Å². The van der Waals surface area contributed by atoms with E-state index in [1.807, 2.05) is 0 Å². The lowest BCUT2D eigenvalue weighted by Gasteiger charge is -2.45. The van der Waals surface area contributed by atoms with Crippen LogP contribution >= 0.6 is 7.82 Å². The van der Waals surface area contributed by atoms with Gasteiger partial charge in [-0.3, -0.25) is 9.05 Å². The summed E-state index contributed by atoms with van der Waals surface area (Å²) in [6.45, 7) is 3.35. The molecular formula is C46H92NO14P. The van der Waals surface area contributed by atoms with Gasteiger partial charge in [0, 0.05) is 19.6 Å². The first-order chi connectivity index (χ1) is 29.9. The standard InChI is InChI=1S/C46H92NO14P/c1-3-5-7-9-11-13-15-17-19-21-23-25-27-29-31-56-37-39(57-32-30-28-26-24-22-20-18-16-14-12-10-8-6-4-2)38-60-62(54,55)59-34-33-58-46(45(52)53)35-40(49)42(47)44(61-46)43(51)41(50)36-48/h39-44,48-51H,3-38,47H2,1-2H3,(H,52,53)(H,54,55)/t39?,40-,41+,42+,43+,44+,46+/m0/s1. The van der Waals surface area contributed by atoms with Crippen molar-refractivity contribution in [1.29, 1.82) is 0 Å². The highest BCUT2D eigenvalue weighted by Gasteiger charge is 2.54. The van der Waals surface area contributed by atoms with E-state index >= 15 is 0 Å². The second kappa shape index (κ2) is 38.3. The summed E-state index contributed by atoms with van der Waals surface area (Å²) >= 11 is 0. The van der Waals surface area contributed by atoms with Crippen LogP contribution in [0.25, 0.3) is 0 Å². The summed E-state index contributed by atoms with van der Waals surface area (Å²) in [6, 6.07) is -1.31. The predicted octanol–water partition coefficient (Wildman–Crippen LogP) is 8.47. The van der Waals surface area contributed by atoms with Crippen LogP contribution in [0, 0.1) is 0 Å². The summed E-state index contributed by atoms with van der Waals surface area (Å²) < 4.78 is 46.0. The van der Waals surface area contributed by atoms with E-state index in [9.17, 15) is 39.8 Å². The lowest BCUT2D eigenvalue weighted by Crippen LogP contribution is -2.66. The average Bonchev–Trinajstić information content (AvgIpc) is 3.25. The van der Waals surface area contributed by atoms with E-state index < -0.39 is 82.4 Å². The first-order valence-electron chi connectivity index (χ1n) is 24.7. The zero-order valence-electron chi connectivity index (χ0n) is 38.9. The molecule has 1 rings (SSSR count). The van der Waals surface area contributed by atoms with Gasteiger partial charge in [-0.25, -0.2) is 9.36 Å². The van der Waals surface area contributed by atoms with Gasteiger partial charge >= 0.3 is 13.8 Å². The molecule has 2 unspecified atom stereocenters. The van der Waals surface area contributed by atoms with Crippen LogP contribution in [-0.2, 0) is 37.4 Å². The van der Waals surface area contributed by atoms with Gasteiger partial charge in [0.05, 0.1) is 45.2 Å². The molecule has 62 heavy (non-hydrogen) atoms. The fraction of sp³-hybridized carbons (Fsp3) is 0.978. The zero-order chi connectivity index (χ0) is 45.7. The molecule has 1 aliphatic rings. The molecule has 370 valence electrons. The van der Waals surface area contributed by atoms with Crippen molar-refractivity contribution in [2.45, 2.75) is 242 Å². The molecule has 0 saturated carbocycles. The molecule has 16 heteroatoms. The van der Waals surface area contributed by atoms with Crippen LogP contribution in [-0.4, -0.2) is 125 Å². The molecule has 1 fully saturated rings. The van der Waals surface area contributed by atoms with Crippen LogP contribution in [0.4, 0.5) is 0 Å². The van der Waals surface area contributed by atoms with Crippen LogP contribution < -0.4 is 5.73 Å². The number of rotatable bonds is 45. The van der Waals surface area contributed by atoms with Crippen molar-refractivity contribution in [3.05, 3.63) is 0 Å². The fourth-order valence-corrected chi connectivity index (χ4v) is 8.51. The Hall–Kier alpha value is -0.780. The quantitative estimate of drug-likeness (QED) is 0.0224. The Morgan fingerprint density at radius 3 is 1.55 bits per heavy atom. The van der Waals surface area contributed by atoms with E-state index in [2.05, 4.69) is 13.8 Å². The van der Waals surface area contributed by atoms with Gasteiger partial charge in [-0.2, -0.15) is 0 Å². The van der Waals surface area contributed by atoms with Crippen LogP contribution in [0.5, 0.6) is 0 Å². The maximum atomic E-state index is 12.8. The van der Waals surface area contributed by atoms with E-state index in [1.165, 1.54) is 148 Å². The molecule has 0 aromatic rings. The highest BCUT2D eigenvalue weighted by Crippen LogP contribution is 2.43. The van der Waals surface area contributed by atoms with Gasteiger partial charge in [0.2, 0.25) is 0 Å². The minimum absolute atomic E-state index is 0.182. The fourth-order valence-electron chi connectivity index (χ4n) is 7.77. The summed E-state index contributed by atoms with van der Waals surface area (Å²) in [5.74, 6) is -4.20. The number of hydrogen-bond acceptors (Lipinski definition) is 13. The molecule has 0 aromatic carbocycles. The summed E-state index contributed by atoms with van der Waals surface area (Å²) in [5, 5.41) is 49.8. The predicted molar refractivity (Wildman–Crippen MR) is 242 cm³/mol. The van der Waals surface area contributed by atoms with E-state index in [4.69, 9.17) is 33.7 Å². The molecule has 0 aromatic heterocycles. The van der Waals surface area contributed by atoms with Crippen molar-refractivity contribution in [1.82, 2.24) is 0 Å².